The van der Waals surface area contributed by atoms with Crippen molar-refractivity contribution in [2.45, 2.75) is 19.9 Å². The van der Waals surface area contributed by atoms with E-state index < -0.39 is 6.04 Å². The average Bonchev–Trinajstić information content (AvgIpc) is 3.15. The molecule has 5 nitrogen and oxygen atoms in total. The van der Waals surface area contributed by atoms with E-state index >= 15 is 0 Å². The van der Waals surface area contributed by atoms with Crippen molar-refractivity contribution in [3.63, 3.8) is 0 Å². The maximum Gasteiger partial charge on any atom is 0.271 e. The number of hydrogen-bond donors (Lipinski definition) is 1. The Morgan fingerprint density at radius 3 is 2.26 bits per heavy atom. The van der Waals surface area contributed by atoms with E-state index in [9.17, 15) is 9.59 Å². The molecular formula is C28H23N3O2S. The van der Waals surface area contributed by atoms with Gasteiger partial charge in [-0.2, -0.15) is 0 Å². The van der Waals surface area contributed by atoms with Gasteiger partial charge in [0, 0.05) is 5.69 Å². The first-order valence-electron chi connectivity index (χ1n) is 11.0. The number of nitrogens with zero attached hydrogens (tertiary/aromatic N) is 2. The first-order valence-corrected chi connectivity index (χ1v) is 11.8. The number of carbonyl (C=O) groups excluding carboxylic acids is 1. The van der Waals surface area contributed by atoms with Crippen LogP contribution in [-0.2, 0) is 4.79 Å². The van der Waals surface area contributed by atoms with Crippen LogP contribution in [0.15, 0.2) is 106 Å². The van der Waals surface area contributed by atoms with Gasteiger partial charge in [0.05, 0.1) is 21.8 Å². The van der Waals surface area contributed by atoms with Crippen LogP contribution < -0.4 is 20.2 Å². The summed E-state index contributed by atoms with van der Waals surface area (Å²) in [6.45, 7) is 3.86. The van der Waals surface area contributed by atoms with Gasteiger partial charge in [0.1, 0.15) is 0 Å². The highest BCUT2D eigenvalue weighted by molar-refractivity contribution is 7.07. The summed E-state index contributed by atoms with van der Waals surface area (Å²) in [5, 5.41) is 2.97. The minimum atomic E-state index is -0.568. The molecule has 1 aliphatic rings. The van der Waals surface area contributed by atoms with Gasteiger partial charge in [-0.25, -0.2) is 4.99 Å². The molecule has 0 unspecified atom stereocenters. The van der Waals surface area contributed by atoms with Gasteiger partial charge in [-0.3, -0.25) is 14.2 Å². The Morgan fingerprint density at radius 2 is 1.59 bits per heavy atom. The largest absolute Gasteiger partial charge is 0.322 e. The predicted molar refractivity (Wildman–Crippen MR) is 136 cm³/mol. The van der Waals surface area contributed by atoms with Gasteiger partial charge in [0.25, 0.3) is 11.5 Å². The van der Waals surface area contributed by atoms with Crippen LogP contribution in [0.25, 0.3) is 6.08 Å². The number of hydrogen-bond acceptors (Lipinski definition) is 4. The van der Waals surface area contributed by atoms with E-state index in [1.54, 1.807) is 4.57 Å². The Morgan fingerprint density at radius 1 is 0.941 bits per heavy atom. The molecule has 1 aliphatic heterocycles. The fourth-order valence-electron chi connectivity index (χ4n) is 4.10. The molecule has 1 N–H and O–H groups in total. The zero-order valence-electron chi connectivity index (χ0n) is 18.9. The Bertz CT molecular complexity index is 1560. The Labute approximate surface area is 201 Å². The number of rotatable bonds is 4. The van der Waals surface area contributed by atoms with E-state index in [-0.39, 0.29) is 11.5 Å². The lowest BCUT2D eigenvalue weighted by atomic mass is 9.95. The maximum absolute atomic E-state index is 13.6. The molecule has 0 bridgehead atoms. The predicted octanol–water partition coefficient (Wildman–Crippen LogP) is 4.18. The lowest BCUT2D eigenvalue weighted by molar-refractivity contribution is -0.113. The number of anilines is 1. The normalized spacial score (nSPS) is 15.6. The first kappa shape index (κ1) is 21.8. The Hall–Kier alpha value is -4.03. The Kier molecular flexibility index (Phi) is 5.82. The van der Waals surface area contributed by atoms with Crippen molar-refractivity contribution < 1.29 is 4.79 Å². The zero-order chi connectivity index (χ0) is 23.7. The van der Waals surface area contributed by atoms with Crippen LogP contribution in [0.5, 0.6) is 0 Å². The van der Waals surface area contributed by atoms with Gasteiger partial charge >= 0.3 is 0 Å². The topological polar surface area (TPSA) is 63.5 Å². The highest BCUT2D eigenvalue weighted by atomic mass is 32.1. The van der Waals surface area contributed by atoms with Crippen LogP contribution in [0.4, 0.5) is 5.69 Å². The lowest BCUT2D eigenvalue weighted by Crippen LogP contribution is -2.40. The lowest BCUT2D eigenvalue weighted by Gasteiger charge is -2.25. The first-order chi connectivity index (χ1) is 16.5. The van der Waals surface area contributed by atoms with Gasteiger partial charge < -0.3 is 5.32 Å². The molecule has 3 aromatic carbocycles. The van der Waals surface area contributed by atoms with E-state index in [1.165, 1.54) is 11.3 Å². The van der Waals surface area contributed by atoms with Crippen molar-refractivity contribution in [2.75, 3.05) is 5.32 Å². The van der Waals surface area contributed by atoms with Crippen LogP contribution in [0.2, 0.25) is 0 Å². The molecule has 4 aromatic rings. The molecule has 2 heterocycles. The molecule has 1 aromatic heterocycles. The van der Waals surface area contributed by atoms with E-state index in [1.807, 2.05) is 105 Å². The number of aryl methyl sites for hydroxylation is 1. The minimum absolute atomic E-state index is 0.157. The average molecular weight is 466 g/mol. The molecule has 6 heteroatoms. The Balaban J connectivity index is 1.66. The number of aromatic nitrogens is 1. The van der Waals surface area contributed by atoms with Crippen LogP contribution >= 0.6 is 11.3 Å². The number of amides is 1. The molecule has 1 atom stereocenters. The van der Waals surface area contributed by atoms with Crippen LogP contribution in [-0.4, -0.2) is 10.5 Å². The summed E-state index contributed by atoms with van der Waals surface area (Å²) in [4.78, 5) is 32.4. The summed E-state index contributed by atoms with van der Waals surface area (Å²) in [5.74, 6) is -0.269. The summed E-state index contributed by atoms with van der Waals surface area (Å²) in [5.41, 5.74) is 4.57. The molecule has 0 radical (unpaired) electrons. The van der Waals surface area contributed by atoms with Gasteiger partial charge in [-0.05, 0) is 43.2 Å². The molecule has 168 valence electrons. The number of benzene rings is 3. The second-order valence-corrected chi connectivity index (χ2v) is 9.23. The van der Waals surface area contributed by atoms with Crippen molar-refractivity contribution in [1.29, 1.82) is 0 Å². The summed E-state index contributed by atoms with van der Waals surface area (Å²) in [6, 6.07) is 26.4. The molecule has 0 saturated heterocycles. The second-order valence-electron chi connectivity index (χ2n) is 8.22. The third kappa shape index (κ3) is 4.16. The van der Waals surface area contributed by atoms with Crippen molar-refractivity contribution >= 4 is 29.0 Å². The van der Waals surface area contributed by atoms with E-state index in [4.69, 9.17) is 0 Å². The van der Waals surface area contributed by atoms with Gasteiger partial charge in [0.2, 0.25) is 0 Å². The summed E-state index contributed by atoms with van der Waals surface area (Å²) in [7, 11) is 0. The van der Waals surface area contributed by atoms with Crippen LogP contribution in [0.1, 0.15) is 29.7 Å². The third-order valence-corrected chi connectivity index (χ3v) is 6.77. The molecule has 5 rings (SSSR count). The van der Waals surface area contributed by atoms with Crippen molar-refractivity contribution in [3.8, 4) is 0 Å². The highest BCUT2D eigenvalue weighted by Gasteiger charge is 2.32. The van der Waals surface area contributed by atoms with Crippen LogP contribution in [0, 0.1) is 6.92 Å². The standard InChI is InChI=1S/C28H23N3O2S/c1-18-13-15-20(16-14-18)17-23-27(33)31-25(21-9-5-3-6-10-21)24(19(2)29-28(31)34-23)26(32)30-22-11-7-4-8-12-22/h3-17,25H,1-2H3,(H,30,32)/b23-17+/t25-/m1/s1. The molecule has 0 spiro atoms. The quantitative estimate of drug-likeness (QED) is 0.491. The SMILES string of the molecule is CC1=C(C(=O)Nc2ccccc2)[C@@H](c2ccccc2)n2c(s/c(=C/c3ccc(C)cc3)c2=O)=N1. The smallest absolute Gasteiger partial charge is 0.271 e. The summed E-state index contributed by atoms with van der Waals surface area (Å²) in [6.07, 6.45) is 1.88. The van der Waals surface area contributed by atoms with Gasteiger partial charge in [-0.15, -0.1) is 0 Å². The molecule has 0 aliphatic carbocycles. The van der Waals surface area contributed by atoms with Crippen molar-refractivity contribution in [2.24, 2.45) is 4.99 Å². The molecular weight excluding hydrogens is 442 g/mol. The fraction of sp³-hybridized carbons (Fsp3) is 0.107. The minimum Gasteiger partial charge on any atom is -0.322 e. The zero-order valence-corrected chi connectivity index (χ0v) is 19.7. The number of para-hydroxylation sites is 1. The van der Waals surface area contributed by atoms with E-state index in [2.05, 4.69) is 10.3 Å². The highest BCUT2D eigenvalue weighted by Crippen LogP contribution is 2.30. The number of carbonyl (C=O) groups is 1. The molecule has 0 saturated carbocycles. The molecule has 0 fully saturated rings. The monoisotopic (exact) mass is 465 g/mol. The van der Waals surface area contributed by atoms with Gasteiger partial charge in [0.15, 0.2) is 4.80 Å². The molecule has 1 amide bonds. The van der Waals surface area contributed by atoms with E-state index in [0.29, 0.717) is 26.3 Å². The maximum atomic E-state index is 13.6. The number of fused-ring (bicyclic) bond motifs is 1. The molecule has 34 heavy (non-hydrogen) atoms. The summed E-state index contributed by atoms with van der Waals surface area (Å²) >= 11 is 1.34. The fourth-order valence-corrected chi connectivity index (χ4v) is 5.14. The van der Waals surface area contributed by atoms with Crippen molar-refractivity contribution in [3.05, 3.63) is 133 Å². The second kappa shape index (κ2) is 9.08. The number of nitrogens with one attached hydrogen (secondary N) is 1. The van der Waals surface area contributed by atoms with E-state index in [0.717, 1.165) is 16.7 Å². The van der Waals surface area contributed by atoms with Crippen LogP contribution in [0.3, 0.4) is 0 Å². The third-order valence-electron chi connectivity index (χ3n) is 5.79. The number of allylic oxidation sites excluding steroid dienone is 1. The van der Waals surface area contributed by atoms with Gasteiger partial charge in [-0.1, -0.05) is 89.7 Å². The van der Waals surface area contributed by atoms with Crippen molar-refractivity contribution in [1.82, 2.24) is 4.57 Å². The summed E-state index contributed by atoms with van der Waals surface area (Å²) < 4.78 is 2.23. The number of thiazole rings is 1.